The van der Waals surface area contributed by atoms with E-state index in [1.807, 2.05) is 6.92 Å². The summed E-state index contributed by atoms with van der Waals surface area (Å²) in [7, 11) is 0. The minimum absolute atomic E-state index is 0.0534. The molecule has 1 unspecified atom stereocenters. The van der Waals surface area contributed by atoms with Crippen molar-refractivity contribution in [3.63, 3.8) is 0 Å². The number of amides is 2. The molecule has 1 atom stereocenters. The number of urea groups is 1. The van der Waals surface area contributed by atoms with Gasteiger partial charge in [-0.1, -0.05) is 12.1 Å². The number of ether oxygens (including phenoxy) is 1. The van der Waals surface area contributed by atoms with Gasteiger partial charge in [-0.3, -0.25) is 0 Å². The molecular formula is C15H19F3N2O2. The first-order valence-electron chi connectivity index (χ1n) is 7.25. The molecule has 22 heavy (non-hydrogen) atoms. The molecule has 122 valence electrons. The van der Waals surface area contributed by atoms with Gasteiger partial charge in [0, 0.05) is 19.7 Å². The maximum Gasteiger partial charge on any atom is 0.418 e. The van der Waals surface area contributed by atoms with Gasteiger partial charge in [0.25, 0.3) is 0 Å². The molecule has 1 saturated heterocycles. The lowest BCUT2D eigenvalue weighted by Crippen LogP contribution is -2.45. The molecule has 0 bridgehead atoms. The van der Waals surface area contributed by atoms with Crippen LogP contribution in [0.3, 0.4) is 0 Å². The Bertz CT molecular complexity index is 518. The van der Waals surface area contributed by atoms with Crippen molar-refractivity contribution in [3.05, 3.63) is 29.8 Å². The number of carbonyl (C=O) groups excluding carboxylic acids is 1. The topological polar surface area (TPSA) is 41.6 Å². The van der Waals surface area contributed by atoms with Crippen molar-refractivity contribution in [2.24, 2.45) is 0 Å². The highest BCUT2D eigenvalue weighted by Crippen LogP contribution is 2.34. The van der Waals surface area contributed by atoms with Gasteiger partial charge in [-0.15, -0.1) is 0 Å². The third kappa shape index (κ3) is 4.13. The Balaban J connectivity index is 2.06. The Hall–Kier alpha value is -1.76. The highest BCUT2D eigenvalue weighted by atomic mass is 19.4. The Morgan fingerprint density at radius 3 is 2.82 bits per heavy atom. The lowest BCUT2D eigenvalue weighted by atomic mass is 10.1. The second-order valence-electron chi connectivity index (χ2n) is 5.14. The third-order valence-corrected chi connectivity index (χ3v) is 3.54. The molecule has 1 aliphatic heterocycles. The number of benzene rings is 1. The standard InChI is InChI=1S/C15H19F3N2O2/c1-2-22-11-6-5-9-20(10-11)14(21)19-13-8-4-3-7-12(13)15(16,17)18/h3-4,7-8,11H,2,5-6,9-10H2,1H3,(H,19,21). The zero-order valence-electron chi connectivity index (χ0n) is 12.3. The first-order chi connectivity index (χ1) is 10.4. The van der Waals surface area contributed by atoms with Crippen molar-refractivity contribution >= 4 is 11.7 Å². The van der Waals surface area contributed by atoms with Gasteiger partial charge >= 0.3 is 12.2 Å². The van der Waals surface area contributed by atoms with Gasteiger partial charge < -0.3 is 15.0 Å². The van der Waals surface area contributed by atoms with Gasteiger partial charge in [0.1, 0.15) is 0 Å². The van der Waals surface area contributed by atoms with Crippen molar-refractivity contribution in [1.82, 2.24) is 4.90 Å². The fourth-order valence-corrected chi connectivity index (χ4v) is 2.53. The number of anilines is 1. The van der Waals surface area contributed by atoms with Crippen LogP contribution in [0.4, 0.5) is 23.7 Å². The number of nitrogens with one attached hydrogen (secondary N) is 1. The lowest BCUT2D eigenvalue weighted by Gasteiger charge is -2.32. The van der Waals surface area contributed by atoms with Crippen LogP contribution >= 0.6 is 0 Å². The number of para-hydroxylation sites is 1. The molecule has 2 rings (SSSR count). The van der Waals surface area contributed by atoms with Crippen molar-refractivity contribution in [3.8, 4) is 0 Å². The van der Waals surface area contributed by atoms with Crippen LogP contribution in [0.15, 0.2) is 24.3 Å². The number of piperidine rings is 1. The molecule has 1 N–H and O–H groups in total. The smallest absolute Gasteiger partial charge is 0.377 e. The van der Waals surface area contributed by atoms with Crippen LogP contribution in [0.5, 0.6) is 0 Å². The number of hydrogen-bond acceptors (Lipinski definition) is 2. The molecule has 0 aliphatic carbocycles. The molecule has 1 aromatic carbocycles. The number of alkyl halides is 3. The number of likely N-dealkylation sites (tertiary alicyclic amines) is 1. The monoisotopic (exact) mass is 316 g/mol. The normalized spacial score (nSPS) is 19.1. The number of rotatable bonds is 3. The maximum atomic E-state index is 12.9. The van der Waals surface area contributed by atoms with E-state index in [4.69, 9.17) is 4.74 Å². The third-order valence-electron chi connectivity index (χ3n) is 3.54. The molecule has 1 aliphatic rings. The second-order valence-corrected chi connectivity index (χ2v) is 5.14. The molecule has 0 spiro atoms. The van der Waals surface area contributed by atoms with Crippen LogP contribution in [0.2, 0.25) is 0 Å². The van der Waals surface area contributed by atoms with E-state index in [9.17, 15) is 18.0 Å². The van der Waals surface area contributed by atoms with Crippen LogP contribution < -0.4 is 5.32 Å². The predicted molar refractivity (Wildman–Crippen MR) is 76.7 cm³/mol. The van der Waals surface area contributed by atoms with Gasteiger partial charge in [0.05, 0.1) is 17.4 Å². The highest BCUT2D eigenvalue weighted by Gasteiger charge is 2.34. The van der Waals surface area contributed by atoms with Crippen molar-refractivity contribution in [1.29, 1.82) is 0 Å². The first kappa shape index (κ1) is 16.6. The quantitative estimate of drug-likeness (QED) is 0.923. The summed E-state index contributed by atoms with van der Waals surface area (Å²) in [5.41, 5.74) is -1.07. The van der Waals surface area contributed by atoms with Crippen LogP contribution in [0.25, 0.3) is 0 Å². The van der Waals surface area contributed by atoms with E-state index in [0.717, 1.165) is 18.9 Å². The molecule has 1 fully saturated rings. The number of nitrogens with zero attached hydrogens (tertiary/aromatic N) is 1. The van der Waals surface area contributed by atoms with E-state index in [0.29, 0.717) is 19.7 Å². The van der Waals surface area contributed by atoms with E-state index < -0.39 is 17.8 Å². The fraction of sp³-hybridized carbons (Fsp3) is 0.533. The Morgan fingerprint density at radius 2 is 2.14 bits per heavy atom. The summed E-state index contributed by atoms with van der Waals surface area (Å²) in [6, 6.07) is 4.44. The fourth-order valence-electron chi connectivity index (χ4n) is 2.53. The maximum absolute atomic E-state index is 12.9. The lowest BCUT2D eigenvalue weighted by molar-refractivity contribution is -0.136. The van der Waals surface area contributed by atoms with E-state index in [1.165, 1.54) is 23.1 Å². The second kappa shape index (κ2) is 7.00. The van der Waals surface area contributed by atoms with Crippen LogP contribution in [0, 0.1) is 0 Å². The summed E-state index contributed by atoms with van der Waals surface area (Å²) in [5.74, 6) is 0. The minimum atomic E-state index is -4.50. The summed E-state index contributed by atoms with van der Waals surface area (Å²) in [6.45, 7) is 3.34. The van der Waals surface area contributed by atoms with Gasteiger partial charge in [0.2, 0.25) is 0 Å². The summed E-state index contributed by atoms with van der Waals surface area (Å²) in [6.07, 6.45) is -2.92. The summed E-state index contributed by atoms with van der Waals surface area (Å²) in [5, 5.41) is 2.36. The van der Waals surface area contributed by atoms with E-state index in [2.05, 4.69) is 5.32 Å². The van der Waals surface area contributed by atoms with Crippen molar-refractivity contribution in [2.75, 3.05) is 25.0 Å². The van der Waals surface area contributed by atoms with Crippen molar-refractivity contribution < 1.29 is 22.7 Å². The van der Waals surface area contributed by atoms with Gasteiger partial charge in [0.15, 0.2) is 0 Å². The molecule has 0 radical (unpaired) electrons. The van der Waals surface area contributed by atoms with Crippen LogP contribution in [0.1, 0.15) is 25.3 Å². The van der Waals surface area contributed by atoms with E-state index in [-0.39, 0.29) is 11.8 Å². The average molecular weight is 316 g/mol. The highest BCUT2D eigenvalue weighted by molar-refractivity contribution is 5.90. The molecule has 1 aromatic rings. The molecule has 0 aromatic heterocycles. The molecule has 7 heteroatoms. The zero-order chi connectivity index (χ0) is 16.2. The Labute approximate surface area is 127 Å². The number of hydrogen-bond donors (Lipinski definition) is 1. The van der Waals surface area contributed by atoms with Crippen LogP contribution in [-0.2, 0) is 10.9 Å². The number of carbonyl (C=O) groups is 1. The SMILES string of the molecule is CCOC1CCCN(C(=O)Nc2ccccc2C(F)(F)F)C1. The zero-order valence-corrected chi connectivity index (χ0v) is 12.3. The summed E-state index contributed by atoms with van der Waals surface area (Å²) >= 11 is 0. The summed E-state index contributed by atoms with van der Waals surface area (Å²) in [4.78, 5) is 13.7. The number of halogens is 3. The van der Waals surface area contributed by atoms with E-state index >= 15 is 0 Å². The largest absolute Gasteiger partial charge is 0.418 e. The molecule has 1 heterocycles. The van der Waals surface area contributed by atoms with Gasteiger partial charge in [-0.05, 0) is 31.9 Å². The molecule has 4 nitrogen and oxygen atoms in total. The Morgan fingerprint density at radius 1 is 1.41 bits per heavy atom. The summed E-state index contributed by atoms with van der Waals surface area (Å²) < 4.78 is 44.2. The molecule has 2 amide bonds. The van der Waals surface area contributed by atoms with Gasteiger partial charge in [-0.2, -0.15) is 13.2 Å². The average Bonchev–Trinajstić information content (AvgIpc) is 2.47. The first-order valence-corrected chi connectivity index (χ1v) is 7.25. The predicted octanol–water partition coefficient (Wildman–Crippen LogP) is 3.74. The van der Waals surface area contributed by atoms with Crippen LogP contribution in [-0.4, -0.2) is 36.7 Å². The van der Waals surface area contributed by atoms with E-state index in [1.54, 1.807) is 0 Å². The molecular weight excluding hydrogens is 297 g/mol. The van der Waals surface area contributed by atoms with Gasteiger partial charge in [-0.25, -0.2) is 4.79 Å². The molecule has 0 saturated carbocycles. The van der Waals surface area contributed by atoms with Crippen molar-refractivity contribution in [2.45, 2.75) is 32.0 Å². The Kier molecular flexibility index (Phi) is 5.28. The minimum Gasteiger partial charge on any atom is -0.377 e.